The zero-order chi connectivity index (χ0) is 15.6. The predicted octanol–water partition coefficient (Wildman–Crippen LogP) is 1.94. The van der Waals surface area contributed by atoms with E-state index in [9.17, 15) is 18.3 Å². The van der Waals surface area contributed by atoms with Gasteiger partial charge in [-0.15, -0.1) is 0 Å². The highest BCUT2D eigenvalue weighted by Gasteiger charge is 2.19. The number of carbonyl (C=O) groups is 1. The third-order valence-corrected chi connectivity index (χ3v) is 4.03. The van der Waals surface area contributed by atoms with Gasteiger partial charge in [-0.3, -0.25) is 4.72 Å². The van der Waals surface area contributed by atoms with Crippen molar-refractivity contribution >= 4 is 33.4 Å². The number of aromatic carboxylic acids is 1. The van der Waals surface area contributed by atoms with Gasteiger partial charge in [0, 0.05) is 0 Å². The van der Waals surface area contributed by atoms with Crippen LogP contribution in [-0.2, 0) is 10.0 Å². The molecule has 0 unspecified atom stereocenters. The molecule has 110 valence electrons. The third-order valence-electron chi connectivity index (χ3n) is 2.46. The molecule has 9 heteroatoms. The van der Waals surface area contributed by atoms with Crippen molar-refractivity contribution in [1.29, 1.82) is 0 Å². The van der Waals surface area contributed by atoms with Crippen molar-refractivity contribution in [1.82, 2.24) is 4.98 Å². The number of aromatic hydroxyl groups is 1. The molecule has 1 heterocycles. The number of rotatable bonds is 4. The van der Waals surface area contributed by atoms with Gasteiger partial charge in [0.05, 0.1) is 4.90 Å². The summed E-state index contributed by atoms with van der Waals surface area (Å²) in [5, 5.41) is 18.4. The lowest BCUT2D eigenvalue weighted by atomic mass is 10.2. The molecule has 0 aliphatic rings. The highest BCUT2D eigenvalue weighted by molar-refractivity contribution is 7.92. The van der Waals surface area contributed by atoms with E-state index in [1.807, 2.05) is 0 Å². The van der Waals surface area contributed by atoms with E-state index in [0.717, 1.165) is 18.2 Å². The maximum absolute atomic E-state index is 12.1. The molecule has 0 atom stereocenters. The van der Waals surface area contributed by atoms with Crippen LogP contribution < -0.4 is 4.72 Å². The Balaban J connectivity index is 2.40. The summed E-state index contributed by atoms with van der Waals surface area (Å²) in [7, 11) is -4.05. The van der Waals surface area contributed by atoms with E-state index >= 15 is 0 Å². The fourth-order valence-corrected chi connectivity index (χ4v) is 2.71. The van der Waals surface area contributed by atoms with Crippen molar-refractivity contribution in [2.24, 2.45) is 0 Å². The van der Waals surface area contributed by atoms with Gasteiger partial charge in [0.15, 0.2) is 0 Å². The number of halogens is 1. The molecule has 0 radical (unpaired) electrons. The first-order chi connectivity index (χ1) is 9.79. The summed E-state index contributed by atoms with van der Waals surface area (Å²) in [5.74, 6) is -1.97. The molecule has 0 bridgehead atoms. The van der Waals surface area contributed by atoms with Gasteiger partial charge in [-0.1, -0.05) is 17.7 Å². The van der Waals surface area contributed by atoms with Crippen LogP contribution in [0, 0.1) is 0 Å². The van der Waals surface area contributed by atoms with Crippen LogP contribution in [-0.4, -0.2) is 29.6 Å². The molecule has 7 nitrogen and oxygen atoms in total. The van der Waals surface area contributed by atoms with E-state index in [4.69, 9.17) is 16.7 Å². The van der Waals surface area contributed by atoms with Crippen molar-refractivity contribution in [3.05, 3.63) is 47.1 Å². The minimum absolute atomic E-state index is 0.00699. The molecule has 2 aromatic rings. The van der Waals surface area contributed by atoms with Gasteiger partial charge in [-0.25, -0.2) is 18.2 Å². The molecule has 1 aromatic heterocycles. The maximum Gasteiger partial charge on any atom is 0.339 e. The molecule has 21 heavy (non-hydrogen) atoms. The van der Waals surface area contributed by atoms with E-state index in [1.54, 1.807) is 0 Å². The quantitative estimate of drug-likeness (QED) is 0.738. The number of anilines is 1. The molecule has 0 amide bonds. The number of pyridine rings is 1. The molecular formula is C12H9ClN2O5S. The topological polar surface area (TPSA) is 117 Å². The third kappa shape index (κ3) is 3.41. The highest BCUT2D eigenvalue weighted by atomic mass is 35.5. The van der Waals surface area contributed by atoms with Crippen LogP contribution in [0.4, 0.5) is 5.82 Å². The number of aromatic nitrogens is 1. The monoisotopic (exact) mass is 328 g/mol. The van der Waals surface area contributed by atoms with Crippen LogP contribution in [0.1, 0.15) is 10.4 Å². The van der Waals surface area contributed by atoms with Crippen LogP contribution >= 0.6 is 11.6 Å². The summed E-state index contributed by atoms with van der Waals surface area (Å²) in [6, 6.07) is 7.29. The Bertz CT molecular complexity index is 807. The molecule has 0 saturated heterocycles. The second-order valence-electron chi connectivity index (χ2n) is 3.94. The summed E-state index contributed by atoms with van der Waals surface area (Å²) in [5.41, 5.74) is -0.517. The summed E-state index contributed by atoms with van der Waals surface area (Å²) in [4.78, 5) is 14.3. The minimum atomic E-state index is -4.05. The van der Waals surface area contributed by atoms with Crippen molar-refractivity contribution in [3.63, 3.8) is 0 Å². The molecule has 2 rings (SSSR count). The fourth-order valence-electron chi connectivity index (χ4n) is 1.52. The number of hydrogen-bond donors (Lipinski definition) is 3. The largest absolute Gasteiger partial charge is 0.507 e. The van der Waals surface area contributed by atoms with Gasteiger partial charge >= 0.3 is 5.97 Å². The number of benzene rings is 1. The van der Waals surface area contributed by atoms with Gasteiger partial charge in [0.2, 0.25) is 0 Å². The molecular weight excluding hydrogens is 320 g/mol. The number of carboxylic acid groups (broad SMARTS) is 1. The van der Waals surface area contributed by atoms with Gasteiger partial charge < -0.3 is 10.2 Å². The molecule has 3 N–H and O–H groups in total. The van der Waals surface area contributed by atoms with E-state index in [0.29, 0.717) is 0 Å². The van der Waals surface area contributed by atoms with Gasteiger partial charge in [0.1, 0.15) is 22.3 Å². The first-order valence-electron chi connectivity index (χ1n) is 5.51. The Labute approximate surface area is 124 Å². The number of nitrogens with one attached hydrogen (secondary N) is 1. The smallest absolute Gasteiger partial charge is 0.339 e. The molecule has 0 saturated carbocycles. The van der Waals surface area contributed by atoms with E-state index < -0.39 is 27.3 Å². The minimum Gasteiger partial charge on any atom is -0.507 e. The van der Waals surface area contributed by atoms with Crippen LogP contribution in [0.2, 0.25) is 5.15 Å². The van der Waals surface area contributed by atoms with Crippen molar-refractivity contribution in [2.75, 3.05) is 4.72 Å². The lowest BCUT2D eigenvalue weighted by Gasteiger charge is -2.08. The zero-order valence-electron chi connectivity index (χ0n) is 10.3. The Kier molecular flexibility index (Phi) is 4.01. The standard InChI is InChI=1S/C12H9ClN2O5S/c13-10-2-1-3-11(14-10)15-21(19,20)7-4-5-9(16)8(6-7)12(17)18/h1-6,16H,(H,14,15)(H,17,18). The average Bonchev–Trinajstić information content (AvgIpc) is 2.38. The summed E-state index contributed by atoms with van der Waals surface area (Å²) in [6.07, 6.45) is 0. The van der Waals surface area contributed by atoms with E-state index in [-0.39, 0.29) is 15.9 Å². The van der Waals surface area contributed by atoms with E-state index in [1.165, 1.54) is 18.2 Å². The Morgan fingerprint density at radius 3 is 2.57 bits per heavy atom. The summed E-state index contributed by atoms with van der Waals surface area (Å²) < 4.78 is 26.4. The highest BCUT2D eigenvalue weighted by Crippen LogP contribution is 2.23. The Hall–Kier alpha value is -2.32. The predicted molar refractivity (Wildman–Crippen MR) is 75.1 cm³/mol. The summed E-state index contributed by atoms with van der Waals surface area (Å²) in [6.45, 7) is 0. The first kappa shape index (κ1) is 15.1. The fraction of sp³-hybridized carbons (Fsp3) is 0. The van der Waals surface area contributed by atoms with Crippen molar-refractivity contribution in [3.8, 4) is 5.75 Å². The van der Waals surface area contributed by atoms with Crippen molar-refractivity contribution in [2.45, 2.75) is 4.90 Å². The lowest BCUT2D eigenvalue weighted by molar-refractivity contribution is 0.0693. The van der Waals surface area contributed by atoms with Crippen LogP contribution in [0.5, 0.6) is 5.75 Å². The second kappa shape index (κ2) is 5.58. The first-order valence-corrected chi connectivity index (χ1v) is 7.37. The zero-order valence-corrected chi connectivity index (χ0v) is 11.9. The summed E-state index contributed by atoms with van der Waals surface area (Å²) >= 11 is 5.65. The normalized spacial score (nSPS) is 11.1. The molecule has 0 fully saturated rings. The molecule has 0 spiro atoms. The van der Waals surface area contributed by atoms with Crippen molar-refractivity contribution < 1.29 is 23.4 Å². The number of nitrogens with zero attached hydrogens (tertiary/aromatic N) is 1. The van der Waals surface area contributed by atoms with Gasteiger partial charge in [-0.05, 0) is 30.3 Å². The van der Waals surface area contributed by atoms with Crippen LogP contribution in [0.25, 0.3) is 0 Å². The van der Waals surface area contributed by atoms with Gasteiger partial charge in [-0.2, -0.15) is 0 Å². The Morgan fingerprint density at radius 2 is 1.95 bits per heavy atom. The number of carboxylic acids is 1. The number of sulfonamides is 1. The van der Waals surface area contributed by atoms with Gasteiger partial charge in [0.25, 0.3) is 10.0 Å². The molecule has 0 aliphatic carbocycles. The average molecular weight is 329 g/mol. The molecule has 0 aliphatic heterocycles. The van der Waals surface area contributed by atoms with Crippen LogP contribution in [0.15, 0.2) is 41.3 Å². The second-order valence-corrected chi connectivity index (χ2v) is 6.00. The van der Waals surface area contributed by atoms with Crippen LogP contribution in [0.3, 0.4) is 0 Å². The Morgan fingerprint density at radius 1 is 1.24 bits per heavy atom. The van der Waals surface area contributed by atoms with E-state index in [2.05, 4.69) is 9.71 Å². The lowest BCUT2D eigenvalue weighted by Crippen LogP contribution is -2.14. The molecule has 1 aromatic carbocycles. The maximum atomic E-state index is 12.1. The number of hydrogen-bond acceptors (Lipinski definition) is 5. The SMILES string of the molecule is O=C(O)c1cc(S(=O)(=O)Nc2cccc(Cl)n2)ccc1O. The number of phenols is 1.